The number of hydrogen-bond acceptors (Lipinski definition) is 5. The Kier molecular flexibility index (Phi) is 5.77. The van der Waals surface area contributed by atoms with Crippen LogP contribution >= 0.6 is 23.1 Å². The lowest BCUT2D eigenvalue weighted by Crippen LogP contribution is -1.96. The molecule has 0 spiro atoms. The minimum atomic E-state index is -3.27. The van der Waals surface area contributed by atoms with E-state index in [4.69, 9.17) is 4.98 Å². The van der Waals surface area contributed by atoms with E-state index >= 15 is 0 Å². The van der Waals surface area contributed by atoms with Gasteiger partial charge in [-0.05, 0) is 48.9 Å². The quantitative estimate of drug-likeness (QED) is 0.346. The molecule has 0 fully saturated rings. The van der Waals surface area contributed by atoms with Crippen molar-refractivity contribution in [2.75, 3.05) is 6.26 Å². The third-order valence-corrected chi connectivity index (χ3v) is 7.80. The van der Waals surface area contributed by atoms with Gasteiger partial charge in [0, 0.05) is 16.7 Å². The molecule has 3 aromatic carbocycles. The van der Waals surface area contributed by atoms with Crippen LogP contribution in [-0.2, 0) is 9.84 Å². The number of thiazole rings is 1. The van der Waals surface area contributed by atoms with Gasteiger partial charge in [-0.2, -0.15) is 0 Å². The molecule has 0 saturated heterocycles. The van der Waals surface area contributed by atoms with Crippen LogP contribution in [0.1, 0.15) is 5.56 Å². The predicted octanol–water partition coefficient (Wildman–Crippen LogP) is 6.48. The van der Waals surface area contributed by atoms with Crippen molar-refractivity contribution in [1.29, 1.82) is 0 Å². The molecule has 0 aliphatic rings. The van der Waals surface area contributed by atoms with Crippen molar-refractivity contribution in [1.82, 2.24) is 4.98 Å². The lowest BCUT2D eigenvalue weighted by molar-refractivity contribution is 0.602. The fourth-order valence-electron chi connectivity index (χ4n) is 2.90. The van der Waals surface area contributed by atoms with Crippen LogP contribution in [0.25, 0.3) is 21.7 Å². The van der Waals surface area contributed by atoms with E-state index in [2.05, 4.69) is 24.3 Å². The van der Waals surface area contributed by atoms with Crippen LogP contribution in [-0.4, -0.2) is 19.7 Å². The summed E-state index contributed by atoms with van der Waals surface area (Å²) in [5, 5.41) is 0. The van der Waals surface area contributed by atoms with Crippen LogP contribution in [0.2, 0.25) is 0 Å². The molecule has 3 nitrogen and oxygen atoms in total. The van der Waals surface area contributed by atoms with Crippen molar-refractivity contribution in [2.24, 2.45) is 0 Å². The highest BCUT2D eigenvalue weighted by molar-refractivity contribution is 8.01. The minimum Gasteiger partial charge on any atom is -0.229 e. The molecule has 152 valence electrons. The molecule has 4 aromatic rings. The van der Waals surface area contributed by atoms with Gasteiger partial charge in [0.15, 0.2) is 14.2 Å². The third kappa shape index (κ3) is 4.64. The Morgan fingerprint density at radius 3 is 2.07 bits per heavy atom. The first kappa shape index (κ1) is 20.8. The Balaban J connectivity index is 1.78. The summed E-state index contributed by atoms with van der Waals surface area (Å²) in [6, 6.07) is 21.3. The highest BCUT2D eigenvalue weighted by atomic mass is 32.2. The van der Waals surface area contributed by atoms with E-state index in [-0.39, 0.29) is 10.7 Å². The predicted molar refractivity (Wildman–Crippen MR) is 121 cm³/mol. The molecule has 7 heteroatoms. The van der Waals surface area contributed by atoms with E-state index in [1.807, 2.05) is 6.92 Å². The summed E-state index contributed by atoms with van der Waals surface area (Å²) in [5.41, 5.74) is 3.62. The Morgan fingerprint density at radius 2 is 1.47 bits per heavy atom. The van der Waals surface area contributed by atoms with Crippen LogP contribution in [0, 0.1) is 12.7 Å². The summed E-state index contributed by atoms with van der Waals surface area (Å²) in [6.07, 6.45) is 1.19. The van der Waals surface area contributed by atoms with Crippen molar-refractivity contribution in [3.63, 3.8) is 0 Å². The van der Waals surface area contributed by atoms with Crippen molar-refractivity contribution >= 4 is 32.9 Å². The topological polar surface area (TPSA) is 47.0 Å². The molecule has 1 heterocycles. The minimum absolute atomic E-state index is 0.263. The van der Waals surface area contributed by atoms with Crippen molar-refractivity contribution in [3.05, 3.63) is 84.2 Å². The lowest BCUT2D eigenvalue weighted by Gasteiger charge is -2.04. The molecule has 0 unspecified atom stereocenters. The summed E-state index contributed by atoms with van der Waals surface area (Å²) in [7, 11) is -3.27. The van der Waals surface area contributed by atoms with Gasteiger partial charge in [-0.3, -0.25) is 0 Å². The zero-order chi connectivity index (χ0) is 21.3. The standard InChI is InChI=1S/C23H18FNO2S3/c1-15-3-11-19(12-4-15)28-23-25-21(16-7-13-20(14-8-16)30(2,26)27)22(29-23)17-5-9-18(24)10-6-17/h3-14H,1-2H3. The zero-order valence-electron chi connectivity index (χ0n) is 16.3. The van der Waals surface area contributed by atoms with Gasteiger partial charge >= 0.3 is 0 Å². The summed E-state index contributed by atoms with van der Waals surface area (Å²) >= 11 is 3.10. The average molecular weight is 456 g/mol. The van der Waals surface area contributed by atoms with Crippen LogP contribution in [0.3, 0.4) is 0 Å². The fourth-order valence-corrected chi connectivity index (χ4v) is 5.68. The largest absolute Gasteiger partial charge is 0.229 e. The maximum absolute atomic E-state index is 13.4. The summed E-state index contributed by atoms with van der Waals surface area (Å²) < 4.78 is 37.9. The van der Waals surface area contributed by atoms with Gasteiger partial charge in [-0.1, -0.05) is 53.7 Å². The average Bonchev–Trinajstić information content (AvgIpc) is 3.13. The molecule has 0 radical (unpaired) electrons. The van der Waals surface area contributed by atoms with E-state index in [0.717, 1.165) is 30.9 Å². The van der Waals surface area contributed by atoms with Crippen molar-refractivity contribution in [3.8, 4) is 21.7 Å². The maximum atomic E-state index is 13.4. The monoisotopic (exact) mass is 455 g/mol. The molecule has 0 N–H and O–H groups in total. The normalized spacial score (nSPS) is 11.6. The van der Waals surface area contributed by atoms with E-state index in [1.165, 1.54) is 35.3 Å². The van der Waals surface area contributed by atoms with Crippen LogP contribution in [0.5, 0.6) is 0 Å². The molecular weight excluding hydrogens is 437 g/mol. The molecular formula is C23H18FNO2S3. The highest BCUT2D eigenvalue weighted by Gasteiger charge is 2.17. The second kappa shape index (κ2) is 8.34. The van der Waals surface area contributed by atoms with E-state index in [1.54, 1.807) is 48.2 Å². The summed E-state index contributed by atoms with van der Waals surface area (Å²) in [4.78, 5) is 7.09. The second-order valence-corrected chi connectivity index (χ2v) is 11.2. The Morgan fingerprint density at radius 1 is 0.867 bits per heavy atom. The SMILES string of the molecule is Cc1ccc(Sc2nc(-c3ccc(S(C)(=O)=O)cc3)c(-c3ccc(F)cc3)s2)cc1. The van der Waals surface area contributed by atoms with Gasteiger partial charge in [0.05, 0.1) is 15.5 Å². The van der Waals surface area contributed by atoms with Crippen LogP contribution in [0.4, 0.5) is 4.39 Å². The molecule has 30 heavy (non-hydrogen) atoms. The highest BCUT2D eigenvalue weighted by Crippen LogP contribution is 2.42. The third-order valence-electron chi connectivity index (χ3n) is 4.50. The molecule has 0 aliphatic carbocycles. The molecule has 0 saturated carbocycles. The first-order valence-corrected chi connectivity index (χ1v) is 12.6. The van der Waals surface area contributed by atoms with Gasteiger partial charge in [0.1, 0.15) is 5.82 Å². The number of hydrogen-bond donors (Lipinski definition) is 0. The molecule has 0 bridgehead atoms. The van der Waals surface area contributed by atoms with Gasteiger partial charge in [-0.25, -0.2) is 17.8 Å². The summed E-state index contributed by atoms with van der Waals surface area (Å²) in [5.74, 6) is -0.295. The maximum Gasteiger partial charge on any atom is 0.175 e. The number of aromatic nitrogens is 1. The number of aryl methyl sites for hydroxylation is 1. The Hall–Kier alpha value is -2.48. The molecule has 4 rings (SSSR count). The molecule has 0 aliphatic heterocycles. The number of benzene rings is 3. The van der Waals surface area contributed by atoms with Crippen LogP contribution in [0.15, 0.2) is 86.9 Å². The fraction of sp³-hybridized carbons (Fsp3) is 0.0870. The van der Waals surface area contributed by atoms with Crippen LogP contribution < -0.4 is 0 Å². The lowest BCUT2D eigenvalue weighted by atomic mass is 10.1. The van der Waals surface area contributed by atoms with Gasteiger partial charge in [0.2, 0.25) is 0 Å². The van der Waals surface area contributed by atoms with E-state index < -0.39 is 9.84 Å². The van der Waals surface area contributed by atoms with Gasteiger partial charge in [0.25, 0.3) is 0 Å². The Bertz CT molecular complexity index is 1280. The molecule has 0 amide bonds. The number of sulfone groups is 1. The van der Waals surface area contributed by atoms with Gasteiger partial charge in [-0.15, -0.1) is 11.3 Å². The summed E-state index contributed by atoms with van der Waals surface area (Å²) in [6.45, 7) is 2.04. The van der Waals surface area contributed by atoms with E-state index in [0.29, 0.717) is 0 Å². The molecule has 0 atom stereocenters. The van der Waals surface area contributed by atoms with Crippen molar-refractivity contribution < 1.29 is 12.8 Å². The zero-order valence-corrected chi connectivity index (χ0v) is 18.7. The smallest absolute Gasteiger partial charge is 0.175 e. The van der Waals surface area contributed by atoms with Crippen molar-refractivity contribution in [2.45, 2.75) is 21.1 Å². The van der Waals surface area contributed by atoms with E-state index in [9.17, 15) is 12.8 Å². The number of rotatable bonds is 5. The Labute approximate surface area is 183 Å². The number of nitrogens with zero attached hydrogens (tertiary/aromatic N) is 1. The first-order chi connectivity index (χ1) is 14.3. The second-order valence-electron chi connectivity index (χ2n) is 6.88. The first-order valence-electron chi connectivity index (χ1n) is 9.11. The van der Waals surface area contributed by atoms with Gasteiger partial charge < -0.3 is 0 Å². The molecule has 1 aromatic heterocycles. The number of halogens is 1.